The van der Waals surface area contributed by atoms with Crippen molar-refractivity contribution in [1.82, 2.24) is 14.2 Å². The molecule has 34 heavy (non-hydrogen) atoms. The van der Waals surface area contributed by atoms with Crippen molar-refractivity contribution in [3.8, 4) is 0 Å². The number of benzene rings is 2. The zero-order valence-corrected chi connectivity index (χ0v) is 19.5. The van der Waals surface area contributed by atoms with Gasteiger partial charge in [0.15, 0.2) is 0 Å². The van der Waals surface area contributed by atoms with Crippen molar-refractivity contribution in [2.24, 2.45) is 0 Å². The highest BCUT2D eigenvalue weighted by Crippen LogP contribution is 2.38. The number of ether oxygens (including phenoxy) is 1. The van der Waals surface area contributed by atoms with E-state index in [1.54, 1.807) is 35.5 Å². The quantitative estimate of drug-likeness (QED) is 0.575. The molecule has 0 bridgehead atoms. The van der Waals surface area contributed by atoms with Crippen LogP contribution in [0.4, 0.5) is 5.69 Å². The van der Waals surface area contributed by atoms with Gasteiger partial charge < -0.3 is 14.5 Å². The van der Waals surface area contributed by atoms with E-state index in [0.29, 0.717) is 6.54 Å². The minimum Gasteiger partial charge on any atom is -0.371 e. The van der Waals surface area contributed by atoms with Crippen LogP contribution in [-0.2, 0) is 19.6 Å². The lowest BCUT2D eigenvalue weighted by Crippen LogP contribution is -2.55. The lowest BCUT2D eigenvalue weighted by Gasteiger charge is -2.39. The molecule has 6 rings (SSSR count). The molecule has 3 saturated heterocycles. The lowest BCUT2D eigenvalue weighted by molar-refractivity contribution is -0.144. The van der Waals surface area contributed by atoms with Crippen LogP contribution in [0, 0.1) is 0 Å². The second-order valence-electron chi connectivity index (χ2n) is 9.28. The van der Waals surface area contributed by atoms with Crippen molar-refractivity contribution in [3.05, 3.63) is 67.0 Å². The highest BCUT2D eigenvalue weighted by Gasteiger charge is 2.52. The first-order valence-corrected chi connectivity index (χ1v) is 13.0. The average Bonchev–Trinajstić information content (AvgIpc) is 3.23. The summed E-state index contributed by atoms with van der Waals surface area (Å²) in [6, 6.07) is 16.7. The molecule has 3 aromatic rings. The number of nitrogens with zero attached hydrogens (tertiary/aromatic N) is 4. The van der Waals surface area contributed by atoms with E-state index in [0.717, 1.165) is 42.4 Å². The monoisotopic (exact) mass is 478 g/mol. The van der Waals surface area contributed by atoms with E-state index in [4.69, 9.17) is 4.74 Å². The first-order valence-electron chi connectivity index (χ1n) is 11.5. The predicted octanol–water partition coefficient (Wildman–Crippen LogP) is 2.46. The SMILES string of the molecule is O=C1CN(S(=O)(=O)c2ccc3ccccc3c2)CC2OC3(CCN(c4ccncc4)CC3)CN12. The minimum absolute atomic E-state index is 0.150. The summed E-state index contributed by atoms with van der Waals surface area (Å²) in [6.07, 6.45) is 4.59. The van der Waals surface area contributed by atoms with E-state index in [1.807, 2.05) is 36.4 Å². The van der Waals surface area contributed by atoms with Crippen LogP contribution in [-0.4, -0.2) is 73.1 Å². The van der Waals surface area contributed by atoms with Gasteiger partial charge in [-0.1, -0.05) is 30.3 Å². The Hall–Kier alpha value is -3.01. The molecule has 3 fully saturated rings. The number of hydrogen-bond donors (Lipinski definition) is 0. The fraction of sp³-hybridized carbons (Fsp3) is 0.360. The Morgan fingerprint density at radius 1 is 0.971 bits per heavy atom. The van der Waals surface area contributed by atoms with Crippen LogP contribution in [0.25, 0.3) is 10.8 Å². The molecule has 1 amide bonds. The maximum absolute atomic E-state index is 13.4. The maximum Gasteiger partial charge on any atom is 0.243 e. The third-order valence-corrected chi connectivity index (χ3v) is 9.05. The smallest absolute Gasteiger partial charge is 0.243 e. The number of anilines is 1. The molecule has 1 spiro atoms. The van der Waals surface area contributed by atoms with Crippen molar-refractivity contribution >= 4 is 32.4 Å². The second-order valence-corrected chi connectivity index (χ2v) is 11.2. The van der Waals surface area contributed by atoms with Gasteiger partial charge in [-0.3, -0.25) is 9.78 Å². The van der Waals surface area contributed by atoms with Crippen molar-refractivity contribution in [1.29, 1.82) is 0 Å². The van der Waals surface area contributed by atoms with Gasteiger partial charge in [0, 0.05) is 31.2 Å². The Labute approximate surface area is 198 Å². The molecule has 0 aliphatic carbocycles. The fourth-order valence-electron chi connectivity index (χ4n) is 5.33. The Balaban J connectivity index is 1.19. The summed E-state index contributed by atoms with van der Waals surface area (Å²) in [5.74, 6) is -0.200. The third-order valence-electron chi connectivity index (χ3n) is 7.25. The molecule has 1 atom stereocenters. The number of hydrogen-bond acceptors (Lipinski definition) is 6. The summed E-state index contributed by atoms with van der Waals surface area (Å²) in [5.41, 5.74) is 0.705. The third kappa shape index (κ3) is 3.64. The molecule has 3 aliphatic rings. The number of fused-ring (bicyclic) bond motifs is 2. The Kier molecular flexibility index (Phi) is 5.09. The number of carbonyl (C=O) groups excluding carboxylic acids is 1. The van der Waals surface area contributed by atoms with Crippen LogP contribution in [0.3, 0.4) is 0 Å². The standard InChI is InChI=1S/C25H26N4O4S/c30-23-16-28(34(31,32)22-6-5-19-3-1-2-4-20(19)15-22)17-24-29(23)18-25(33-24)9-13-27(14-10-25)21-7-11-26-12-8-21/h1-8,11-12,15,24H,9-10,13-14,16-18H2. The summed E-state index contributed by atoms with van der Waals surface area (Å²) in [6.45, 7) is 2.14. The number of aromatic nitrogens is 1. The van der Waals surface area contributed by atoms with Crippen LogP contribution >= 0.6 is 0 Å². The van der Waals surface area contributed by atoms with E-state index in [1.165, 1.54) is 4.31 Å². The topological polar surface area (TPSA) is 83.0 Å². The summed E-state index contributed by atoms with van der Waals surface area (Å²) < 4.78 is 34.6. The van der Waals surface area contributed by atoms with Crippen LogP contribution in [0.1, 0.15) is 12.8 Å². The zero-order valence-electron chi connectivity index (χ0n) is 18.7. The van der Waals surface area contributed by atoms with Gasteiger partial charge in [-0.25, -0.2) is 8.42 Å². The van der Waals surface area contributed by atoms with Crippen molar-refractivity contribution in [3.63, 3.8) is 0 Å². The molecule has 1 aromatic heterocycles. The largest absolute Gasteiger partial charge is 0.371 e. The molecule has 3 aliphatic heterocycles. The van der Waals surface area contributed by atoms with Gasteiger partial charge in [0.2, 0.25) is 15.9 Å². The Bertz CT molecular complexity index is 1340. The maximum atomic E-state index is 13.4. The lowest BCUT2D eigenvalue weighted by atomic mass is 9.91. The molecule has 0 N–H and O–H groups in total. The number of pyridine rings is 1. The molecule has 0 saturated carbocycles. The van der Waals surface area contributed by atoms with Crippen molar-refractivity contribution < 1.29 is 17.9 Å². The molecule has 2 aromatic carbocycles. The highest BCUT2D eigenvalue weighted by atomic mass is 32.2. The minimum atomic E-state index is -3.82. The molecular weight excluding hydrogens is 452 g/mol. The van der Waals surface area contributed by atoms with Crippen molar-refractivity contribution in [2.75, 3.05) is 37.6 Å². The van der Waals surface area contributed by atoms with Crippen LogP contribution in [0.5, 0.6) is 0 Å². The van der Waals surface area contributed by atoms with Gasteiger partial charge in [0.25, 0.3) is 0 Å². The highest BCUT2D eigenvalue weighted by molar-refractivity contribution is 7.89. The number of amides is 1. The Morgan fingerprint density at radius 3 is 2.47 bits per heavy atom. The zero-order chi connectivity index (χ0) is 23.3. The van der Waals surface area contributed by atoms with Gasteiger partial charge in [-0.2, -0.15) is 4.31 Å². The summed E-state index contributed by atoms with van der Waals surface area (Å²) in [4.78, 5) is 21.3. The molecule has 176 valence electrons. The number of piperazine rings is 1. The van der Waals surface area contributed by atoms with E-state index in [-0.39, 0.29) is 23.9 Å². The first kappa shape index (κ1) is 21.5. The second kappa shape index (κ2) is 8.04. The van der Waals surface area contributed by atoms with Gasteiger partial charge in [0.05, 0.1) is 30.1 Å². The number of rotatable bonds is 3. The summed E-state index contributed by atoms with van der Waals surface area (Å²) in [7, 11) is -3.82. The number of sulfonamides is 1. The van der Waals surface area contributed by atoms with Gasteiger partial charge in [0.1, 0.15) is 6.23 Å². The van der Waals surface area contributed by atoms with E-state index in [2.05, 4.69) is 9.88 Å². The predicted molar refractivity (Wildman–Crippen MR) is 128 cm³/mol. The average molecular weight is 479 g/mol. The number of carbonyl (C=O) groups is 1. The molecule has 1 unspecified atom stereocenters. The number of piperidine rings is 1. The first-order chi connectivity index (χ1) is 16.4. The van der Waals surface area contributed by atoms with E-state index < -0.39 is 21.9 Å². The molecule has 4 heterocycles. The normalized spacial score (nSPS) is 22.9. The van der Waals surface area contributed by atoms with Gasteiger partial charge >= 0.3 is 0 Å². The summed E-state index contributed by atoms with van der Waals surface area (Å²) >= 11 is 0. The Morgan fingerprint density at radius 2 is 1.71 bits per heavy atom. The molecule has 9 heteroatoms. The van der Waals surface area contributed by atoms with Crippen LogP contribution in [0.15, 0.2) is 71.9 Å². The van der Waals surface area contributed by atoms with Crippen molar-refractivity contribution in [2.45, 2.75) is 29.6 Å². The molecular formula is C25H26N4O4S. The summed E-state index contributed by atoms with van der Waals surface area (Å²) in [5, 5.41) is 1.83. The van der Waals surface area contributed by atoms with E-state index in [9.17, 15) is 13.2 Å². The van der Waals surface area contributed by atoms with E-state index >= 15 is 0 Å². The van der Waals surface area contributed by atoms with Crippen LogP contribution in [0.2, 0.25) is 0 Å². The van der Waals surface area contributed by atoms with Gasteiger partial charge in [-0.05, 0) is 47.9 Å². The fourth-order valence-corrected chi connectivity index (χ4v) is 6.75. The molecule has 0 radical (unpaired) electrons. The van der Waals surface area contributed by atoms with Crippen LogP contribution < -0.4 is 4.90 Å². The van der Waals surface area contributed by atoms with Gasteiger partial charge in [-0.15, -0.1) is 0 Å². The molecule has 8 nitrogen and oxygen atoms in total.